The van der Waals surface area contributed by atoms with Crippen molar-refractivity contribution in [2.24, 2.45) is 0 Å². The van der Waals surface area contributed by atoms with Gasteiger partial charge < -0.3 is 10.1 Å². The van der Waals surface area contributed by atoms with Crippen LogP contribution in [0, 0.1) is 6.92 Å². The van der Waals surface area contributed by atoms with Gasteiger partial charge in [0.2, 0.25) is 0 Å². The van der Waals surface area contributed by atoms with Crippen molar-refractivity contribution in [2.45, 2.75) is 33.1 Å². The fourth-order valence-corrected chi connectivity index (χ4v) is 1.93. The molecule has 0 amide bonds. The molecule has 0 aliphatic heterocycles. The second-order valence-electron chi connectivity index (χ2n) is 4.22. The molecule has 96 valence electrons. The molecular weight excluding hydrogens is 278 g/mol. The van der Waals surface area contributed by atoms with Crippen LogP contribution in [-0.2, 0) is 0 Å². The molecule has 1 N–H and O–H groups in total. The number of ether oxygens (including phenoxy) is 1. The van der Waals surface area contributed by atoms with Gasteiger partial charge in [0.15, 0.2) is 0 Å². The highest BCUT2D eigenvalue weighted by molar-refractivity contribution is 9.10. The second-order valence-corrected chi connectivity index (χ2v) is 5.13. The minimum atomic E-state index is 0.726. The Morgan fingerprint density at radius 3 is 2.82 bits per heavy atom. The van der Waals surface area contributed by atoms with Crippen LogP contribution < -0.4 is 10.1 Å². The van der Waals surface area contributed by atoms with E-state index in [9.17, 15) is 0 Å². The average molecular weight is 300 g/mol. The smallest absolute Gasteiger partial charge is 0.123 e. The monoisotopic (exact) mass is 299 g/mol. The van der Waals surface area contributed by atoms with E-state index in [1.54, 1.807) is 0 Å². The molecule has 17 heavy (non-hydrogen) atoms. The predicted octanol–water partition coefficient (Wildman–Crippen LogP) is 3.92. The number of nitrogens with one attached hydrogen (secondary N) is 1. The van der Waals surface area contributed by atoms with Gasteiger partial charge in [0.05, 0.1) is 0 Å². The highest BCUT2D eigenvalue weighted by Gasteiger charge is 1.99. The summed E-state index contributed by atoms with van der Waals surface area (Å²) in [7, 11) is 0. The largest absolute Gasteiger partial charge is 0.492 e. The Hall–Kier alpha value is -0.540. The van der Waals surface area contributed by atoms with Gasteiger partial charge >= 0.3 is 0 Å². The van der Waals surface area contributed by atoms with Crippen LogP contribution in [0.3, 0.4) is 0 Å². The summed E-state index contributed by atoms with van der Waals surface area (Å²) in [6.45, 7) is 7.02. The number of hydrogen-bond donors (Lipinski definition) is 1. The maximum Gasteiger partial charge on any atom is 0.123 e. The van der Waals surface area contributed by atoms with Crippen molar-refractivity contribution in [1.82, 2.24) is 5.32 Å². The lowest BCUT2D eigenvalue weighted by Crippen LogP contribution is -2.22. The van der Waals surface area contributed by atoms with Crippen molar-refractivity contribution >= 4 is 15.9 Å². The van der Waals surface area contributed by atoms with Crippen LogP contribution >= 0.6 is 15.9 Å². The molecule has 0 aliphatic rings. The molecule has 0 fully saturated rings. The van der Waals surface area contributed by atoms with E-state index in [2.05, 4.69) is 41.2 Å². The van der Waals surface area contributed by atoms with Gasteiger partial charge in [-0.2, -0.15) is 0 Å². The lowest BCUT2D eigenvalue weighted by Gasteiger charge is -2.10. The van der Waals surface area contributed by atoms with Crippen LogP contribution in [-0.4, -0.2) is 19.7 Å². The van der Waals surface area contributed by atoms with Gasteiger partial charge in [-0.15, -0.1) is 0 Å². The zero-order valence-electron chi connectivity index (χ0n) is 10.8. The van der Waals surface area contributed by atoms with Crippen molar-refractivity contribution in [1.29, 1.82) is 0 Å². The van der Waals surface area contributed by atoms with Gasteiger partial charge in [-0.05, 0) is 37.6 Å². The first-order valence-corrected chi connectivity index (χ1v) is 7.13. The molecule has 1 aromatic carbocycles. The summed E-state index contributed by atoms with van der Waals surface area (Å²) in [5.74, 6) is 0.967. The summed E-state index contributed by atoms with van der Waals surface area (Å²) >= 11 is 3.45. The van der Waals surface area contributed by atoms with E-state index < -0.39 is 0 Å². The second kappa shape index (κ2) is 8.54. The van der Waals surface area contributed by atoms with E-state index in [1.807, 2.05) is 12.1 Å². The fraction of sp³-hybridized carbons (Fsp3) is 0.571. The molecule has 0 aromatic heterocycles. The van der Waals surface area contributed by atoms with Crippen LogP contribution in [0.4, 0.5) is 0 Å². The van der Waals surface area contributed by atoms with Crippen LogP contribution in [0.2, 0.25) is 0 Å². The number of rotatable bonds is 8. The molecule has 0 saturated heterocycles. The van der Waals surface area contributed by atoms with Gasteiger partial charge in [0, 0.05) is 11.0 Å². The third-order valence-corrected chi connectivity index (χ3v) is 3.14. The number of unbranched alkanes of at least 4 members (excludes halogenated alkanes) is 2. The highest BCUT2D eigenvalue weighted by Crippen LogP contribution is 2.22. The first kappa shape index (κ1) is 14.5. The minimum absolute atomic E-state index is 0.726. The molecule has 1 aromatic rings. The quantitative estimate of drug-likeness (QED) is 0.735. The van der Waals surface area contributed by atoms with E-state index in [0.717, 1.165) is 29.9 Å². The predicted molar refractivity (Wildman–Crippen MR) is 76.8 cm³/mol. The van der Waals surface area contributed by atoms with E-state index in [4.69, 9.17) is 4.74 Å². The maximum atomic E-state index is 5.73. The fourth-order valence-electron chi connectivity index (χ4n) is 1.59. The van der Waals surface area contributed by atoms with Crippen LogP contribution in [0.15, 0.2) is 22.7 Å². The van der Waals surface area contributed by atoms with Gasteiger partial charge in [0.1, 0.15) is 12.4 Å². The molecule has 1 rings (SSSR count). The van der Waals surface area contributed by atoms with Gasteiger partial charge in [-0.25, -0.2) is 0 Å². The Labute approximate surface area is 113 Å². The van der Waals surface area contributed by atoms with Gasteiger partial charge in [-0.1, -0.05) is 41.8 Å². The standard InChI is InChI=1S/C14H22BrNO/c1-3-4-5-8-16-9-10-17-14-11-13(15)7-6-12(14)2/h6-7,11,16H,3-5,8-10H2,1-2H3. The zero-order valence-corrected chi connectivity index (χ0v) is 12.3. The minimum Gasteiger partial charge on any atom is -0.492 e. The maximum absolute atomic E-state index is 5.73. The molecule has 0 spiro atoms. The van der Waals surface area contributed by atoms with Crippen LogP contribution in [0.1, 0.15) is 31.7 Å². The third kappa shape index (κ3) is 6.08. The summed E-state index contributed by atoms with van der Waals surface area (Å²) in [4.78, 5) is 0. The molecule has 0 saturated carbocycles. The van der Waals surface area contributed by atoms with Crippen LogP contribution in [0.25, 0.3) is 0 Å². The number of hydrogen-bond acceptors (Lipinski definition) is 2. The van der Waals surface area contributed by atoms with Crippen LogP contribution in [0.5, 0.6) is 5.75 Å². The Kier molecular flexibility index (Phi) is 7.29. The normalized spacial score (nSPS) is 10.5. The number of benzene rings is 1. The van der Waals surface area contributed by atoms with Crippen molar-refractivity contribution in [3.8, 4) is 5.75 Å². The number of aryl methyl sites for hydroxylation is 1. The SMILES string of the molecule is CCCCCNCCOc1cc(Br)ccc1C. The highest BCUT2D eigenvalue weighted by atomic mass is 79.9. The van der Waals surface area contributed by atoms with Gasteiger partial charge in [-0.3, -0.25) is 0 Å². The molecular formula is C14H22BrNO. The lowest BCUT2D eigenvalue weighted by atomic mass is 10.2. The summed E-state index contributed by atoms with van der Waals surface area (Å²) in [5.41, 5.74) is 1.18. The summed E-state index contributed by atoms with van der Waals surface area (Å²) < 4.78 is 6.80. The van der Waals surface area contributed by atoms with E-state index in [1.165, 1.54) is 24.8 Å². The van der Waals surface area contributed by atoms with E-state index in [0.29, 0.717) is 0 Å². The summed E-state index contributed by atoms with van der Waals surface area (Å²) in [6, 6.07) is 6.12. The molecule has 0 atom stereocenters. The first-order chi connectivity index (χ1) is 8.24. The lowest BCUT2D eigenvalue weighted by molar-refractivity contribution is 0.311. The zero-order chi connectivity index (χ0) is 12.5. The third-order valence-electron chi connectivity index (χ3n) is 2.64. The van der Waals surface area contributed by atoms with Crippen molar-refractivity contribution < 1.29 is 4.74 Å². The molecule has 0 heterocycles. The first-order valence-electron chi connectivity index (χ1n) is 6.33. The van der Waals surface area contributed by atoms with Gasteiger partial charge in [0.25, 0.3) is 0 Å². The summed E-state index contributed by atoms with van der Waals surface area (Å²) in [5, 5.41) is 3.39. The summed E-state index contributed by atoms with van der Waals surface area (Å²) in [6.07, 6.45) is 3.83. The van der Waals surface area contributed by atoms with E-state index in [-0.39, 0.29) is 0 Å². The molecule has 0 radical (unpaired) electrons. The Morgan fingerprint density at radius 2 is 2.06 bits per heavy atom. The molecule has 0 unspecified atom stereocenters. The topological polar surface area (TPSA) is 21.3 Å². The average Bonchev–Trinajstić information content (AvgIpc) is 2.32. The molecule has 3 heteroatoms. The molecule has 0 bridgehead atoms. The molecule has 2 nitrogen and oxygen atoms in total. The Bertz CT molecular complexity index is 328. The molecule has 0 aliphatic carbocycles. The Balaban J connectivity index is 2.15. The Morgan fingerprint density at radius 1 is 1.24 bits per heavy atom. The van der Waals surface area contributed by atoms with Crippen molar-refractivity contribution in [2.75, 3.05) is 19.7 Å². The van der Waals surface area contributed by atoms with Crippen molar-refractivity contribution in [3.05, 3.63) is 28.2 Å². The van der Waals surface area contributed by atoms with E-state index >= 15 is 0 Å². The van der Waals surface area contributed by atoms with Crippen molar-refractivity contribution in [3.63, 3.8) is 0 Å². The number of halogens is 1.